The minimum Gasteiger partial charge on any atom is -0.508 e. The molecular formula is C26H22N4O10S2. The molecule has 0 fully saturated rings. The molecule has 6 N–H and O–H groups in total. The molecule has 0 aliphatic carbocycles. The van der Waals surface area contributed by atoms with Crippen LogP contribution >= 0.6 is 12.0 Å². The van der Waals surface area contributed by atoms with Crippen LogP contribution in [0.4, 0.5) is 22.7 Å². The predicted octanol–water partition coefficient (Wildman–Crippen LogP) is 6.26. The highest BCUT2D eigenvalue weighted by atomic mass is 32.2. The lowest BCUT2D eigenvalue weighted by Gasteiger charge is -2.12. The fraction of sp³-hybridized carbons (Fsp3) is 0.0769. The van der Waals surface area contributed by atoms with Gasteiger partial charge >= 0.3 is 0 Å². The van der Waals surface area contributed by atoms with Crippen molar-refractivity contribution in [3.63, 3.8) is 0 Å². The first-order valence-electron chi connectivity index (χ1n) is 11.7. The number of nitrogens with zero attached hydrogens (tertiary/aromatic N) is 4. The largest absolute Gasteiger partial charge is 0.508 e. The highest BCUT2D eigenvalue weighted by Gasteiger charge is 2.21. The van der Waals surface area contributed by atoms with Gasteiger partial charge in [-0.25, -0.2) is 5.26 Å². The van der Waals surface area contributed by atoms with Crippen molar-refractivity contribution in [2.75, 3.05) is 0 Å². The molecule has 0 unspecified atom stereocenters. The highest BCUT2D eigenvalue weighted by Crippen LogP contribution is 2.40. The molecule has 4 aromatic carbocycles. The van der Waals surface area contributed by atoms with Crippen LogP contribution in [0.3, 0.4) is 0 Å². The van der Waals surface area contributed by atoms with Crippen LogP contribution < -0.4 is 0 Å². The maximum Gasteiger partial charge on any atom is 0.295 e. The smallest absolute Gasteiger partial charge is 0.295 e. The van der Waals surface area contributed by atoms with Gasteiger partial charge in [0.25, 0.3) is 10.1 Å². The predicted molar refractivity (Wildman–Crippen MR) is 149 cm³/mol. The Morgan fingerprint density at radius 2 is 1.12 bits per heavy atom. The molecule has 0 atom stereocenters. The molecule has 0 saturated heterocycles. The number of aliphatic hydroxyl groups is 2. The first-order chi connectivity index (χ1) is 20.1. The van der Waals surface area contributed by atoms with Crippen LogP contribution in [0.25, 0.3) is 11.1 Å². The molecule has 0 amide bonds. The molecule has 0 saturated carbocycles. The number of aliphatic hydroxyl groups excluding tert-OH is 2. The SMILES string of the molecule is O=S(=O)(O)c1cc(N=Nc2ccc(O)c(CO)c2)ccc1-c1ccc(N=Nc2ccc(O)c(CO)c2)cc1SOOO. The van der Waals surface area contributed by atoms with Gasteiger partial charge in [-0.1, -0.05) is 17.2 Å². The van der Waals surface area contributed by atoms with Crippen molar-refractivity contribution in [3.8, 4) is 22.6 Å². The normalized spacial score (nSPS) is 12.0. The molecule has 16 heteroatoms. The van der Waals surface area contributed by atoms with Crippen LogP contribution in [0.5, 0.6) is 11.5 Å². The first kappa shape index (κ1) is 30.7. The first-order valence-corrected chi connectivity index (χ1v) is 13.9. The van der Waals surface area contributed by atoms with E-state index < -0.39 is 28.2 Å². The lowest BCUT2D eigenvalue weighted by Crippen LogP contribution is -2.01. The topological polar surface area (TPSA) is 223 Å². The summed E-state index contributed by atoms with van der Waals surface area (Å²) in [5, 5.41) is 66.6. The van der Waals surface area contributed by atoms with E-state index in [1.54, 1.807) is 0 Å². The monoisotopic (exact) mass is 614 g/mol. The fourth-order valence-corrected chi connectivity index (χ4v) is 4.94. The Balaban J connectivity index is 1.71. The number of rotatable bonds is 11. The third-order valence-corrected chi connectivity index (χ3v) is 7.22. The lowest BCUT2D eigenvalue weighted by molar-refractivity contribution is -0.432. The minimum absolute atomic E-state index is 0.0438. The van der Waals surface area contributed by atoms with Crippen molar-refractivity contribution in [2.24, 2.45) is 20.5 Å². The van der Waals surface area contributed by atoms with E-state index in [4.69, 9.17) is 5.26 Å². The van der Waals surface area contributed by atoms with Gasteiger partial charge < -0.3 is 20.4 Å². The average Bonchev–Trinajstić information content (AvgIpc) is 2.98. The van der Waals surface area contributed by atoms with E-state index in [1.165, 1.54) is 66.7 Å². The summed E-state index contributed by atoms with van der Waals surface area (Å²) in [4.78, 5) is -0.301. The van der Waals surface area contributed by atoms with Gasteiger partial charge in [0.2, 0.25) is 0 Å². The van der Waals surface area contributed by atoms with E-state index in [0.717, 1.165) is 6.07 Å². The van der Waals surface area contributed by atoms with Crippen molar-refractivity contribution in [1.82, 2.24) is 0 Å². The van der Waals surface area contributed by atoms with E-state index in [0.29, 0.717) is 17.7 Å². The lowest BCUT2D eigenvalue weighted by atomic mass is 10.0. The summed E-state index contributed by atoms with van der Waals surface area (Å²) in [6, 6.07) is 16.8. The van der Waals surface area contributed by atoms with E-state index in [1.807, 2.05) is 0 Å². The molecule has 4 aromatic rings. The highest BCUT2D eigenvalue weighted by molar-refractivity contribution is 7.94. The van der Waals surface area contributed by atoms with Gasteiger partial charge in [0.05, 0.1) is 48.0 Å². The number of aromatic hydroxyl groups is 2. The second-order valence-electron chi connectivity index (χ2n) is 8.40. The second kappa shape index (κ2) is 13.6. The summed E-state index contributed by atoms with van der Waals surface area (Å²) in [6.45, 7) is -0.829. The maximum absolute atomic E-state index is 12.4. The second-order valence-corrected chi connectivity index (χ2v) is 10.5. The number of hydrogen-bond donors (Lipinski definition) is 6. The zero-order valence-electron chi connectivity index (χ0n) is 21.3. The summed E-state index contributed by atoms with van der Waals surface area (Å²) in [5.41, 5.74) is 1.72. The summed E-state index contributed by atoms with van der Waals surface area (Å²) in [6.07, 6.45) is 0. The van der Waals surface area contributed by atoms with Crippen molar-refractivity contribution >= 4 is 44.9 Å². The Morgan fingerprint density at radius 1 is 0.667 bits per heavy atom. The van der Waals surface area contributed by atoms with Gasteiger partial charge in [-0.2, -0.15) is 28.9 Å². The molecule has 0 bridgehead atoms. The van der Waals surface area contributed by atoms with Gasteiger partial charge in [0.15, 0.2) is 0 Å². The summed E-state index contributed by atoms with van der Waals surface area (Å²) in [5.74, 6) is -0.221. The van der Waals surface area contributed by atoms with Gasteiger partial charge in [-0.05, 0) is 66.2 Å². The van der Waals surface area contributed by atoms with Gasteiger partial charge in [0.1, 0.15) is 16.4 Å². The summed E-state index contributed by atoms with van der Waals surface area (Å²) in [7, 11) is -4.79. The van der Waals surface area contributed by atoms with Crippen LogP contribution in [0, 0.1) is 0 Å². The van der Waals surface area contributed by atoms with E-state index in [2.05, 4.69) is 29.8 Å². The Labute approximate surface area is 242 Å². The van der Waals surface area contributed by atoms with Crippen molar-refractivity contribution in [3.05, 3.63) is 83.9 Å². The van der Waals surface area contributed by atoms with Crippen LogP contribution in [-0.4, -0.2) is 38.7 Å². The van der Waals surface area contributed by atoms with Crippen molar-refractivity contribution in [1.29, 1.82) is 0 Å². The Morgan fingerprint density at radius 3 is 1.60 bits per heavy atom. The van der Waals surface area contributed by atoms with Crippen molar-refractivity contribution < 1.29 is 48.0 Å². The summed E-state index contributed by atoms with van der Waals surface area (Å²) >= 11 is 0.522. The van der Waals surface area contributed by atoms with Gasteiger partial charge in [-0.3, -0.25) is 4.55 Å². The standard InChI is InChI=1S/C26H22N4O10S2/c31-13-15-9-17(3-7-23(15)33)27-29-19-1-5-21(25(11-19)41-40-39-35)22-6-2-20(12-26(22)42(36,37)38)30-28-18-4-8-24(34)16(10-18)14-32/h1-12,31-35H,13-14H2,(H,36,37,38). The van der Waals surface area contributed by atoms with Gasteiger partial charge in [-0.15, -0.1) is 4.33 Å². The number of phenols is 2. The molecule has 218 valence electrons. The molecule has 0 spiro atoms. The molecule has 42 heavy (non-hydrogen) atoms. The molecule has 0 aliphatic heterocycles. The Hall–Kier alpha value is -4.26. The third kappa shape index (κ3) is 7.52. The zero-order valence-corrected chi connectivity index (χ0v) is 22.9. The van der Waals surface area contributed by atoms with Crippen LogP contribution in [0.2, 0.25) is 0 Å². The molecule has 0 aromatic heterocycles. The third-order valence-electron chi connectivity index (χ3n) is 5.68. The number of azo groups is 2. The number of benzene rings is 4. The molecule has 0 aliphatic rings. The molecule has 0 radical (unpaired) electrons. The molecular weight excluding hydrogens is 592 g/mol. The average molecular weight is 615 g/mol. The molecule has 14 nitrogen and oxygen atoms in total. The minimum atomic E-state index is -4.79. The van der Waals surface area contributed by atoms with E-state index in [9.17, 15) is 33.4 Å². The summed E-state index contributed by atoms with van der Waals surface area (Å²) < 4.78 is 39.3. The fourth-order valence-electron chi connectivity index (χ4n) is 3.68. The van der Waals surface area contributed by atoms with E-state index >= 15 is 0 Å². The zero-order chi connectivity index (χ0) is 30.3. The van der Waals surface area contributed by atoms with Crippen LogP contribution in [-0.2, 0) is 32.7 Å². The Kier molecular flexibility index (Phi) is 9.94. The maximum atomic E-state index is 12.4. The van der Waals surface area contributed by atoms with E-state index in [-0.39, 0.29) is 55.7 Å². The van der Waals surface area contributed by atoms with Crippen LogP contribution in [0.1, 0.15) is 11.1 Å². The molecule has 0 heterocycles. The van der Waals surface area contributed by atoms with Crippen molar-refractivity contribution in [2.45, 2.75) is 23.0 Å². The van der Waals surface area contributed by atoms with Gasteiger partial charge in [0, 0.05) is 21.6 Å². The Bertz CT molecular complexity index is 1760. The van der Waals surface area contributed by atoms with Crippen LogP contribution in [0.15, 0.2) is 103 Å². The number of hydrogen-bond acceptors (Lipinski definition) is 14. The molecule has 4 rings (SSSR count). The quantitative estimate of drug-likeness (QED) is 0.0364.